The van der Waals surface area contributed by atoms with Crippen LogP contribution in [-0.4, -0.2) is 50.1 Å². The van der Waals surface area contributed by atoms with Gasteiger partial charge in [0.05, 0.1) is 5.69 Å². The molecule has 6 heteroatoms. The van der Waals surface area contributed by atoms with Gasteiger partial charge in [-0.1, -0.05) is 24.3 Å². The number of carbonyl (C=O) groups excluding carboxylic acids is 1. The molecular formula is C23H27FIN3O. The van der Waals surface area contributed by atoms with E-state index in [1.165, 1.54) is 9.64 Å². The normalized spacial score (nSPS) is 15.0. The number of nitrogens with one attached hydrogen (secondary N) is 1. The van der Waals surface area contributed by atoms with E-state index >= 15 is 0 Å². The molecule has 0 atom stereocenters. The summed E-state index contributed by atoms with van der Waals surface area (Å²) in [4.78, 5) is 16.4. The van der Waals surface area contributed by atoms with Crippen LogP contribution in [0.25, 0.3) is 6.08 Å². The van der Waals surface area contributed by atoms with Gasteiger partial charge in [0, 0.05) is 42.4 Å². The average molecular weight is 507 g/mol. The van der Waals surface area contributed by atoms with E-state index in [1.54, 1.807) is 12.1 Å². The van der Waals surface area contributed by atoms with Crippen LogP contribution in [0.1, 0.15) is 18.4 Å². The number of nitrogens with zero attached hydrogens (tertiary/aromatic N) is 2. The second-order valence-electron chi connectivity index (χ2n) is 7.16. The van der Waals surface area contributed by atoms with Gasteiger partial charge in [-0.3, -0.25) is 9.69 Å². The van der Waals surface area contributed by atoms with Crippen molar-refractivity contribution in [2.24, 2.45) is 0 Å². The Morgan fingerprint density at radius 3 is 2.48 bits per heavy atom. The summed E-state index contributed by atoms with van der Waals surface area (Å²) < 4.78 is 15.1. The summed E-state index contributed by atoms with van der Waals surface area (Å²) in [5.74, 6) is -0.199. The molecule has 29 heavy (non-hydrogen) atoms. The fourth-order valence-electron chi connectivity index (χ4n) is 3.40. The van der Waals surface area contributed by atoms with Gasteiger partial charge in [0.1, 0.15) is 5.82 Å². The summed E-state index contributed by atoms with van der Waals surface area (Å²) >= 11 is 2.26. The van der Waals surface area contributed by atoms with Crippen molar-refractivity contribution < 1.29 is 9.18 Å². The van der Waals surface area contributed by atoms with Gasteiger partial charge >= 0.3 is 0 Å². The lowest BCUT2D eigenvalue weighted by Gasteiger charge is -2.36. The van der Waals surface area contributed by atoms with Crippen LogP contribution >= 0.6 is 22.6 Å². The van der Waals surface area contributed by atoms with Crippen LogP contribution in [0.4, 0.5) is 10.1 Å². The van der Waals surface area contributed by atoms with E-state index in [0.29, 0.717) is 12.2 Å². The fourth-order valence-corrected chi connectivity index (χ4v) is 3.76. The maximum absolute atomic E-state index is 13.9. The maximum atomic E-state index is 13.9. The van der Waals surface area contributed by atoms with E-state index in [1.807, 2.05) is 42.5 Å². The Hall–Kier alpha value is -1.93. The standard InChI is InChI=1S/C23H27FIN3O/c24-21-5-1-2-6-22(21)28-17-15-27(16-18-28)14-4-3-13-26-23(29)12-9-19-7-10-20(25)11-8-19/h1-2,5-12H,3-4,13-18H2,(H,26,29)/b12-9+. The highest BCUT2D eigenvalue weighted by Crippen LogP contribution is 2.20. The fraction of sp³-hybridized carbons (Fsp3) is 0.348. The number of carbonyl (C=O) groups is 1. The Bertz CT molecular complexity index is 817. The summed E-state index contributed by atoms with van der Waals surface area (Å²) in [5.41, 5.74) is 1.73. The first-order chi connectivity index (χ1) is 14.1. The molecule has 2 aromatic rings. The van der Waals surface area contributed by atoms with Crippen molar-refractivity contribution in [1.82, 2.24) is 10.2 Å². The number of para-hydroxylation sites is 1. The van der Waals surface area contributed by atoms with Crippen molar-refractivity contribution in [3.8, 4) is 0 Å². The quantitative estimate of drug-likeness (QED) is 0.331. The lowest BCUT2D eigenvalue weighted by molar-refractivity contribution is -0.116. The third-order valence-electron chi connectivity index (χ3n) is 5.06. The molecular weight excluding hydrogens is 480 g/mol. The number of piperazine rings is 1. The van der Waals surface area contributed by atoms with Gasteiger partial charge in [-0.25, -0.2) is 4.39 Å². The molecule has 2 aromatic carbocycles. The van der Waals surface area contributed by atoms with Crippen LogP contribution in [0, 0.1) is 9.39 Å². The van der Waals surface area contributed by atoms with E-state index in [-0.39, 0.29) is 11.7 Å². The van der Waals surface area contributed by atoms with Crippen molar-refractivity contribution in [1.29, 1.82) is 0 Å². The number of unbranched alkanes of at least 4 members (excludes halogenated alkanes) is 1. The number of hydrogen-bond donors (Lipinski definition) is 1. The van der Waals surface area contributed by atoms with Crippen molar-refractivity contribution in [3.63, 3.8) is 0 Å². The predicted octanol–water partition coefficient (Wildman–Crippen LogP) is 4.16. The molecule has 1 saturated heterocycles. The van der Waals surface area contributed by atoms with Crippen LogP contribution in [0.5, 0.6) is 0 Å². The average Bonchev–Trinajstić information content (AvgIpc) is 2.74. The second-order valence-corrected chi connectivity index (χ2v) is 8.41. The van der Waals surface area contributed by atoms with Crippen molar-refractivity contribution in [2.45, 2.75) is 12.8 Å². The Labute approximate surface area is 185 Å². The van der Waals surface area contributed by atoms with Gasteiger partial charge in [-0.2, -0.15) is 0 Å². The van der Waals surface area contributed by atoms with Crippen LogP contribution in [0.15, 0.2) is 54.6 Å². The zero-order valence-electron chi connectivity index (χ0n) is 16.5. The summed E-state index contributed by atoms with van der Waals surface area (Å²) in [6, 6.07) is 15.0. The minimum atomic E-state index is -0.146. The highest BCUT2D eigenvalue weighted by atomic mass is 127. The monoisotopic (exact) mass is 507 g/mol. The van der Waals surface area contributed by atoms with Gasteiger partial charge in [0.25, 0.3) is 0 Å². The molecule has 154 valence electrons. The Balaban J connectivity index is 1.28. The van der Waals surface area contributed by atoms with Gasteiger partial charge in [-0.15, -0.1) is 0 Å². The molecule has 0 aromatic heterocycles. The molecule has 0 bridgehead atoms. The van der Waals surface area contributed by atoms with Crippen LogP contribution in [0.2, 0.25) is 0 Å². The molecule has 0 saturated carbocycles. The van der Waals surface area contributed by atoms with Crippen molar-refractivity contribution >= 4 is 40.3 Å². The highest BCUT2D eigenvalue weighted by Gasteiger charge is 2.18. The van der Waals surface area contributed by atoms with Crippen LogP contribution in [0.3, 0.4) is 0 Å². The molecule has 0 radical (unpaired) electrons. The molecule has 1 heterocycles. The zero-order valence-corrected chi connectivity index (χ0v) is 18.6. The molecule has 4 nitrogen and oxygen atoms in total. The topological polar surface area (TPSA) is 35.6 Å². The van der Waals surface area contributed by atoms with Crippen LogP contribution in [-0.2, 0) is 4.79 Å². The number of halogens is 2. The Morgan fingerprint density at radius 2 is 1.76 bits per heavy atom. The molecule has 0 aliphatic carbocycles. The first-order valence-electron chi connectivity index (χ1n) is 10.0. The van der Waals surface area contributed by atoms with Gasteiger partial charge in [0.15, 0.2) is 0 Å². The first-order valence-corrected chi connectivity index (χ1v) is 11.1. The molecule has 1 amide bonds. The van der Waals surface area contributed by atoms with E-state index in [0.717, 1.165) is 51.1 Å². The van der Waals surface area contributed by atoms with Gasteiger partial charge < -0.3 is 10.2 Å². The molecule has 1 aliphatic heterocycles. The lowest BCUT2D eigenvalue weighted by atomic mass is 10.2. The maximum Gasteiger partial charge on any atom is 0.243 e. The van der Waals surface area contributed by atoms with E-state index < -0.39 is 0 Å². The minimum absolute atomic E-state index is 0.0537. The molecule has 3 rings (SSSR count). The summed E-state index contributed by atoms with van der Waals surface area (Å²) in [6.45, 7) is 5.28. The zero-order chi connectivity index (χ0) is 20.5. The third kappa shape index (κ3) is 7.12. The molecule has 1 fully saturated rings. The summed E-state index contributed by atoms with van der Waals surface area (Å²) in [6.07, 6.45) is 5.42. The molecule has 0 unspecified atom stereocenters. The van der Waals surface area contributed by atoms with E-state index in [2.05, 4.69) is 37.7 Å². The molecule has 1 N–H and O–H groups in total. The summed E-state index contributed by atoms with van der Waals surface area (Å²) in [5, 5.41) is 2.94. The molecule has 0 spiro atoms. The predicted molar refractivity (Wildman–Crippen MR) is 125 cm³/mol. The van der Waals surface area contributed by atoms with Crippen LogP contribution < -0.4 is 10.2 Å². The van der Waals surface area contributed by atoms with Gasteiger partial charge in [-0.05, 0) is 77.9 Å². The SMILES string of the molecule is O=C(/C=C/c1ccc(I)cc1)NCCCCN1CCN(c2ccccc2F)CC1. The van der Waals surface area contributed by atoms with Crippen molar-refractivity contribution in [3.05, 3.63) is 69.6 Å². The number of benzene rings is 2. The first kappa shape index (κ1) is 21.8. The van der Waals surface area contributed by atoms with Gasteiger partial charge in [0.2, 0.25) is 5.91 Å². The van der Waals surface area contributed by atoms with E-state index in [9.17, 15) is 9.18 Å². The Morgan fingerprint density at radius 1 is 1.03 bits per heavy atom. The highest BCUT2D eigenvalue weighted by molar-refractivity contribution is 14.1. The number of anilines is 1. The van der Waals surface area contributed by atoms with E-state index in [4.69, 9.17) is 0 Å². The number of amides is 1. The minimum Gasteiger partial charge on any atom is -0.367 e. The second kappa shape index (κ2) is 11.3. The number of hydrogen-bond acceptors (Lipinski definition) is 3. The molecule has 1 aliphatic rings. The Kier molecular flexibility index (Phi) is 8.49. The lowest BCUT2D eigenvalue weighted by Crippen LogP contribution is -2.47. The number of rotatable bonds is 8. The largest absolute Gasteiger partial charge is 0.367 e. The smallest absolute Gasteiger partial charge is 0.243 e. The third-order valence-corrected chi connectivity index (χ3v) is 5.78. The summed E-state index contributed by atoms with van der Waals surface area (Å²) in [7, 11) is 0. The van der Waals surface area contributed by atoms with Crippen molar-refractivity contribution in [2.75, 3.05) is 44.2 Å².